The Bertz CT molecular complexity index is 563. The number of aryl methyl sites for hydroxylation is 1. The second kappa shape index (κ2) is 4.81. The van der Waals surface area contributed by atoms with Gasteiger partial charge in [-0.3, -0.25) is 0 Å². The van der Waals surface area contributed by atoms with Crippen molar-refractivity contribution in [3.8, 4) is 11.8 Å². The molecule has 0 aliphatic heterocycles. The summed E-state index contributed by atoms with van der Waals surface area (Å²) in [5.74, 6) is 0. The Morgan fingerprint density at radius 2 is 2.29 bits per heavy atom. The lowest BCUT2D eigenvalue weighted by Gasteiger charge is -2.06. The van der Waals surface area contributed by atoms with E-state index < -0.39 is 0 Å². The van der Waals surface area contributed by atoms with Crippen molar-refractivity contribution in [1.82, 2.24) is 15.1 Å². The maximum atomic E-state index is 9.17. The van der Waals surface area contributed by atoms with Gasteiger partial charge < -0.3 is 5.32 Å². The molecule has 0 atom stereocenters. The molecular weight excluding hydrogens is 212 g/mol. The lowest BCUT2D eigenvalue weighted by Crippen LogP contribution is -2.06. The van der Waals surface area contributed by atoms with Gasteiger partial charge in [0, 0.05) is 12.7 Å². The van der Waals surface area contributed by atoms with Gasteiger partial charge in [0.2, 0.25) is 0 Å². The standard InChI is InChI=1S/C13H14N4/c1-10-7-16-17(9-10)13-4-3-11(8-15-2)5-12(13)6-14/h3-5,7,9,15H,8H2,1-2H3. The van der Waals surface area contributed by atoms with E-state index in [4.69, 9.17) is 5.26 Å². The number of aromatic nitrogens is 2. The Kier molecular flexibility index (Phi) is 3.22. The van der Waals surface area contributed by atoms with Crippen LogP contribution in [0, 0.1) is 18.3 Å². The minimum Gasteiger partial charge on any atom is -0.316 e. The SMILES string of the molecule is CNCc1ccc(-n2cc(C)cn2)c(C#N)c1. The van der Waals surface area contributed by atoms with Gasteiger partial charge >= 0.3 is 0 Å². The fourth-order valence-electron chi connectivity index (χ4n) is 1.73. The number of nitrogens with one attached hydrogen (secondary N) is 1. The number of nitrogens with zero attached hydrogens (tertiary/aromatic N) is 3. The summed E-state index contributed by atoms with van der Waals surface area (Å²) in [6.45, 7) is 2.73. The normalized spacial score (nSPS) is 10.2. The van der Waals surface area contributed by atoms with E-state index in [0.29, 0.717) is 5.56 Å². The van der Waals surface area contributed by atoms with Gasteiger partial charge in [0.15, 0.2) is 0 Å². The molecule has 4 nitrogen and oxygen atoms in total. The van der Waals surface area contributed by atoms with E-state index in [9.17, 15) is 0 Å². The second-order valence-electron chi connectivity index (χ2n) is 3.96. The molecule has 2 rings (SSSR count). The minimum atomic E-state index is 0.640. The fourth-order valence-corrected chi connectivity index (χ4v) is 1.73. The molecular formula is C13H14N4. The molecule has 0 aliphatic rings. The van der Waals surface area contributed by atoms with Crippen molar-refractivity contribution in [2.75, 3.05) is 7.05 Å². The second-order valence-corrected chi connectivity index (χ2v) is 3.96. The summed E-state index contributed by atoms with van der Waals surface area (Å²) in [5.41, 5.74) is 3.63. The molecule has 0 radical (unpaired) electrons. The van der Waals surface area contributed by atoms with E-state index in [1.165, 1.54) is 0 Å². The Hall–Kier alpha value is -2.12. The maximum absolute atomic E-state index is 9.17. The number of nitriles is 1. The predicted octanol–water partition coefficient (Wildman–Crippen LogP) is 1.77. The number of hydrogen-bond acceptors (Lipinski definition) is 3. The van der Waals surface area contributed by atoms with Crippen LogP contribution in [-0.4, -0.2) is 16.8 Å². The van der Waals surface area contributed by atoms with E-state index in [-0.39, 0.29) is 0 Å². The van der Waals surface area contributed by atoms with Crippen molar-refractivity contribution in [3.63, 3.8) is 0 Å². The van der Waals surface area contributed by atoms with Crippen LogP contribution in [0.25, 0.3) is 5.69 Å². The van der Waals surface area contributed by atoms with Crippen LogP contribution in [0.3, 0.4) is 0 Å². The average Bonchev–Trinajstić information content (AvgIpc) is 2.76. The number of hydrogen-bond donors (Lipinski definition) is 1. The zero-order chi connectivity index (χ0) is 12.3. The first kappa shape index (κ1) is 11.4. The average molecular weight is 226 g/mol. The van der Waals surface area contributed by atoms with E-state index in [0.717, 1.165) is 23.4 Å². The third-order valence-electron chi connectivity index (χ3n) is 2.52. The van der Waals surface area contributed by atoms with E-state index in [1.807, 2.05) is 38.4 Å². The van der Waals surface area contributed by atoms with Crippen molar-refractivity contribution < 1.29 is 0 Å². The molecule has 0 saturated heterocycles. The quantitative estimate of drug-likeness (QED) is 0.867. The third-order valence-corrected chi connectivity index (χ3v) is 2.52. The van der Waals surface area contributed by atoms with Gasteiger partial charge in [-0.15, -0.1) is 0 Å². The zero-order valence-electron chi connectivity index (χ0n) is 9.94. The van der Waals surface area contributed by atoms with Crippen molar-refractivity contribution in [2.45, 2.75) is 13.5 Å². The Labute approximate surface area is 100 Å². The van der Waals surface area contributed by atoms with E-state index in [1.54, 1.807) is 10.9 Å². The molecule has 0 fully saturated rings. The molecule has 0 amide bonds. The van der Waals surface area contributed by atoms with E-state index in [2.05, 4.69) is 16.5 Å². The molecule has 2 aromatic rings. The summed E-state index contributed by atoms with van der Waals surface area (Å²) in [5, 5.41) is 16.5. The molecule has 17 heavy (non-hydrogen) atoms. The molecule has 1 aromatic carbocycles. The first-order valence-electron chi connectivity index (χ1n) is 5.44. The van der Waals surface area contributed by atoms with Gasteiger partial charge in [0.1, 0.15) is 6.07 Å². The molecule has 0 bridgehead atoms. The largest absolute Gasteiger partial charge is 0.316 e. The van der Waals surface area contributed by atoms with Crippen molar-refractivity contribution in [1.29, 1.82) is 5.26 Å². The summed E-state index contributed by atoms with van der Waals surface area (Å²) in [7, 11) is 1.89. The molecule has 4 heteroatoms. The third kappa shape index (κ3) is 2.35. The molecule has 0 unspecified atom stereocenters. The predicted molar refractivity (Wildman–Crippen MR) is 65.8 cm³/mol. The summed E-state index contributed by atoms with van der Waals surface area (Å²) in [6, 6.07) is 8.04. The van der Waals surface area contributed by atoms with Crippen LogP contribution in [0.4, 0.5) is 0 Å². The zero-order valence-corrected chi connectivity index (χ0v) is 9.94. The van der Waals surface area contributed by atoms with Gasteiger partial charge in [0.05, 0.1) is 17.4 Å². The molecule has 1 heterocycles. The molecule has 0 saturated carbocycles. The van der Waals surface area contributed by atoms with Crippen LogP contribution in [0.5, 0.6) is 0 Å². The van der Waals surface area contributed by atoms with Crippen LogP contribution in [0.2, 0.25) is 0 Å². The van der Waals surface area contributed by atoms with Crippen LogP contribution in [0.1, 0.15) is 16.7 Å². The van der Waals surface area contributed by atoms with Gasteiger partial charge in [-0.05, 0) is 37.2 Å². The molecule has 86 valence electrons. The van der Waals surface area contributed by atoms with Gasteiger partial charge in [-0.2, -0.15) is 10.4 Å². The first-order chi connectivity index (χ1) is 8.24. The highest BCUT2D eigenvalue weighted by molar-refractivity contribution is 5.50. The van der Waals surface area contributed by atoms with Crippen LogP contribution < -0.4 is 5.32 Å². The lowest BCUT2D eigenvalue weighted by atomic mass is 10.1. The fraction of sp³-hybridized carbons (Fsp3) is 0.231. The Morgan fingerprint density at radius 3 is 2.88 bits per heavy atom. The first-order valence-corrected chi connectivity index (χ1v) is 5.44. The van der Waals surface area contributed by atoms with E-state index >= 15 is 0 Å². The van der Waals surface area contributed by atoms with Crippen LogP contribution >= 0.6 is 0 Å². The minimum absolute atomic E-state index is 0.640. The summed E-state index contributed by atoms with van der Waals surface area (Å²) in [6.07, 6.45) is 3.69. The smallest absolute Gasteiger partial charge is 0.101 e. The molecule has 1 aromatic heterocycles. The van der Waals surface area contributed by atoms with Crippen LogP contribution in [-0.2, 0) is 6.54 Å². The van der Waals surface area contributed by atoms with Crippen molar-refractivity contribution >= 4 is 0 Å². The molecule has 0 spiro atoms. The monoisotopic (exact) mass is 226 g/mol. The lowest BCUT2D eigenvalue weighted by molar-refractivity contribution is 0.814. The number of benzene rings is 1. The van der Waals surface area contributed by atoms with Gasteiger partial charge in [-0.1, -0.05) is 6.07 Å². The Morgan fingerprint density at radius 1 is 1.47 bits per heavy atom. The highest BCUT2D eigenvalue weighted by atomic mass is 15.3. The summed E-state index contributed by atoms with van der Waals surface area (Å²) < 4.78 is 1.73. The highest BCUT2D eigenvalue weighted by Gasteiger charge is 2.06. The van der Waals surface area contributed by atoms with Gasteiger partial charge in [-0.25, -0.2) is 4.68 Å². The molecule has 0 aliphatic carbocycles. The van der Waals surface area contributed by atoms with Crippen molar-refractivity contribution in [3.05, 3.63) is 47.3 Å². The summed E-state index contributed by atoms with van der Waals surface area (Å²) in [4.78, 5) is 0. The maximum Gasteiger partial charge on any atom is 0.101 e. The topological polar surface area (TPSA) is 53.6 Å². The Balaban J connectivity index is 2.45. The van der Waals surface area contributed by atoms with Crippen LogP contribution in [0.15, 0.2) is 30.6 Å². The number of rotatable bonds is 3. The summed E-state index contributed by atoms with van der Waals surface area (Å²) >= 11 is 0. The van der Waals surface area contributed by atoms with Crippen molar-refractivity contribution in [2.24, 2.45) is 0 Å². The highest BCUT2D eigenvalue weighted by Crippen LogP contribution is 2.16. The van der Waals surface area contributed by atoms with Gasteiger partial charge in [0.25, 0.3) is 0 Å². The molecule has 1 N–H and O–H groups in total.